The van der Waals surface area contributed by atoms with Gasteiger partial charge in [-0.3, -0.25) is 14.6 Å². The van der Waals surface area contributed by atoms with Crippen molar-refractivity contribution in [3.63, 3.8) is 0 Å². The lowest BCUT2D eigenvalue weighted by Gasteiger charge is -2.37. The van der Waals surface area contributed by atoms with Crippen LogP contribution in [0.25, 0.3) is 0 Å². The number of aryl methyl sites for hydroxylation is 1. The molecule has 5 heteroatoms. The van der Waals surface area contributed by atoms with Gasteiger partial charge >= 0.3 is 0 Å². The van der Waals surface area contributed by atoms with Gasteiger partial charge in [-0.25, -0.2) is 0 Å². The number of carbonyl (C=O) groups excluding carboxylic acids is 2. The summed E-state index contributed by atoms with van der Waals surface area (Å²) in [6, 6.07) is 5.66. The molecule has 1 saturated heterocycles. The highest BCUT2D eigenvalue weighted by Crippen LogP contribution is 2.15. The van der Waals surface area contributed by atoms with Crippen LogP contribution in [-0.4, -0.2) is 33.8 Å². The minimum absolute atomic E-state index is 0.0783. The van der Waals surface area contributed by atoms with Crippen LogP contribution in [0.15, 0.2) is 18.2 Å². The van der Waals surface area contributed by atoms with Crippen LogP contribution >= 0.6 is 0 Å². The lowest BCUT2D eigenvalue weighted by atomic mass is 10.0. The number of piperazine rings is 1. The largest absolute Gasteiger partial charge is 0.341 e. The SMILES string of the molecule is Cc1cccc(CN2CC(=O)NC(C)(C)C2=O)n1. The molecule has 0 spiro atoms. The molecular formula is C13H17N3O2. The molecule has 0 bridgehead atoms. The Hall–Kier alpha value is -1.91. The summed E-state index contributed by atoms with van der Waals surface area (Å²) in [7, 11) is 0. The van der Waals surface area contributed by atoms with E-state index in [-0.39, 0.29) is 18.4 Å². The van der Waals surface area contributed by atoms with E-state index in [2.05, 4.69) is 10.3 Å². The molecule has 0 unspecified atom stereocenters. The molecule has 18 heavy (non-hydrogen) atoms. The monoisotopic (exact) mass is 247 g/mol. The van der Waals surface area contributed by atoms with Crippen LogP contribution in [0, 0.1) is 6.92 Å². The van der Waals surface area contributed by atoms with Crippen LogP contribution in [0.4, 0.5) is 0 Å². The first-order valence-electron chi connectivity index (χ1n) is 5.91. The summed E-state index contributed by atoms with van der Waals surface area (Å²) < 4.78 is 0. The van der Waals surface area contributed by atoms with Crippen molar-refractivity contribution in [2.75, 3.05) is 6.54 Å². The molecule has 1 aromatic heterocycles. The van der Waals surface area contributed by atoms with Gasteiger partial charge < -0.3 is 10.2 Å². The number of nitrogens with zero attached hydrogens (tertiary/aromatic N) is 2. The predicted molar refractivity (Wildman–Crippen MR) is 66.6 cm³/mol. The fraction of sp³-hybridized carbons (Fsp3) is 0.462. The summed E-state index contributed by atoms with van der Waals surface area (Å²) in [4.78, 5) is 29.6. The summed E-state index contributed by atoms with van der Waals surface area (Å²) in [6.07, 6.45) is 0. The van der Waals surface area contributed by atoms with E-state index in [4.69, 9.17) is 0 Å². The van der Waals surface area contributed by atoms with E-state index in [9.17, 15) is 9.59 Å². The maximum absolute atomic E-state index is 12.2. The molecule has 2 rings (SSSR count). The van der Waals surface area contributed by atoms with Crippen LogP contribution in [0.5, 0.6) is 0 Å². The van der Waals surface area contributed by atoms with E-state index in [1.54, 1.807) is 18.7 Å². The third kappa shape index (κ3) is 2.50. The minimum atomic E-state index is -0.834. The molecule has 5 nitrogen and oxygen atoms in total. The Bertz CT molecular complexity index is 497. The Labute approximate surface area is 106 Å². The second-order valence-corrected chi connectivity index (χ2v) is 5.10. The Morgan fingerprint density at radius 3 is 2.78 bits per heavy atom. The highest BCUT2D eigenvalue weighted by molar-refractivity contribution is 5.97. The average molecular weight is 247 g/mol. The van der Waals surface area contributed by atoms with Crippen LogP contribution in [-0.2, 0) is 16.1 Å². The molecule has 2 heterocycles. The Morgan fingerprint density at radius 2 is 2.11 bits per heavy atom. The number of carbonyl (C=O) groups is 2. The topological polar surface area (TPSA) is 62.3 Å². The lowest BCUT2D eigenvalue weighted by molar-refractivity contribution is -0.149. The zero-order valence-electron chi connectivity index (χ0n) is 10.9. The van der Waals surface area contributed by atoms with Crippen molar-refractivity contribution in [1.82, 2.24) is 15.2 Å². The third-order valence-electron chi connectivity index (χ3n) is 2.91. The highest BCUT2D eigenvalue weighted by Gasteiger charge is 2.38. The van der Waals surface area contributed by atoms with Crippen molar-refractivity contribution in [3.05, 3.63) is 29.6 Å². The summed E-state index contributed by atoms with van der Waals surface area (Å²) in [5.74, 6) is -0.211. The molecular weight excluding hydrogens is 230 g/mol. The van der Waals surface area contributed by atoms with Crippen molar-refractivity contribution in [1.29, 1.82) is 0 Å². The van der Waals surface area contributed by atoms with Gasteiger partial charge in [-0.2, -0.15) is 0 Å². The van der Waals surface area contributed by atoms with Gasteiger partial charge in [-0.05, 0) is 32.9 Å². The van der Waals surface area contributed by atoms with Gasteiger partial charge in [0.25, 0.3) is 0 Å². The molecule has 1 N–H and O–H groups in total. The fourth-order valence-electron chi connectivity index (χ4n) is 2.09. The smallest absolute Gasteiger partial charge is 0.248 e. The Kier molecular flexibility index (Phi) is 3.07. The van der Waals surface area contributed by atoms with E-state index < -0.39 is 5.54 Å². The highest BCUT2D eigenvalue weighted by atomic mass is 16.2. The molecule has 0 saturated carbocycles. The lowest BCUT2D eigenvalue weighted by Crippen LogP contribution is -2.63. The van der Waals surface area contributed by atoms with Crippen molar-refractivity contribution >= 4 is 11.8 Å². The van der Waals surface area contributed by atoms with E-state index in [1.807, 2.05) is 25.1 Å². The second-order valence-electron chi connectivity index (χ2n) is 5.10. The number of pyridine rings is 1. The molecule has 1 fully saturated rings. The van der Waals surface area contributed by atoms with Crippen molar-refractivity contribution in [2.24, 2.45) is 0 Å². The predicted octanol–water partition coefficient (Wildman–Crippen LogP) is 0.627. The van der Waals surface area contributed by atoms with Gasteiger partial charge in [0.2, 0.25) is 11.8 Å². The van der Waals surface area contributed by atoms with Gasteiger partial charge in [0.1, 0.15) is 12.1 Å². The van der Waals surface area contributed by atoms with Gasteiger partial charge in [0, 0.05) is 5.69 Å². The normalized spacial score (nSPS) is 18.7. The fourth-order valence-corrected chi connectivity index (χ4v) is 2.09. The molecule has 1 aromatic rings. The standard InChI is InChI=1S/C13H17N3O2/c1-9-5-4-6-10(14-9)7-16-8-11(17)15-13(2,3)12(16)18/h4-6H,7-8H2,1-3H3,(H,15,17). The number of rotatable bonds is 2. The van der Waals surface area contributed by atoms with Gasteiger partial charge in [-0.15, -0.1) is 0 Å². The Morgan fingerprint density at radius 1 is 1.39 bits per heavy atom. The molecule has 96 valence electrons. The van der Waals surface area contributed by atoms with Crippen LogP contribution in [0.1, 0.15) is 25.2 Å². The van der Waals surface area contributed by atoms with E-state index in [0.717, 1.165) is 11.4 Å². The molecule has 0 atom stereocenters. The second kappa shape index (κ2) is 4.40. The van der Waals surface area contributed by atoms with Gasteiger partial charge in [-0.1, -0.05) is 6.07 Å². The molecule has 1 aliphatic rings. The minimum Gasteiger partial charge on any atom is -0.341 e. The van der Waals surface area contributed by atoms with Crippen LogP contribution in [0.3, 0.4) is 0 Å². The number of hydrogen-bond donors (Lipinski definition) is 1. The molecule has 0 radical (unpaired) electrons. The van der Waals surface area contributed by atoms with Gasteiger partial charge in [0.05, 0.1) is 12.2 Å². The average Bonchev–Trinajstić information content (AvgIpc) is 2.24. The first-order chi connectivity index (χ1) is 8.38. The molecule has 2 amide bonds. The number of amides is 2. The van der Waals surface area contributed by atoms with Crippen LogP contribution < -0.4 is 5.32 Å². The molecule has 0 aromatic carbocycles. The summed E-state index contributed by atoms with van der Waals surface area (Å²) in [5.41, 5.74) is 0.869. The zero-order chi connectivity index (χ0) is 13.3. The summed E-state index contributed by atoms with van der Waals surface area (Å²) in [6.45, 7) is 5.79. The summed E-state index contributed by atoms with van der Waals surface area (Å²) in [5, 5.41) is 2.68. The van der Waals surface area contributed by atoms with Crippen molar-refractivity contribution < 1.29 is 9.59 Å². The number of hydrogen-bond acceptors (Lipinski definition) is 3. The van der Waals surface area contributed by atoms with E-state index >= 15 is 0 Å². The third-order valence-corrected chi connectivity index (χ3v) is 2.91. The molecule has 1 aliphatic heterocycles. The first kappa shape index (κ1) is 12.5. The maximum Gasteiger partial charge on any atom is 0.248 e. The van der Waals surface area contributed by atoms with E-state index in [0.29, 0.717) is 6.54 Å². The zero-order valence-corrected chi connectivity index (χ0v) is 10.9. The van der Waals surface area contributed by atoms with Crippen molar-refractivity contribution in [2.45, 2.75) is 32.9 Å². The maximum atomic E-state index is 12.2. The number of aromatic nitrogens is 1. The van der Waals surface area contributed by atoms with Gasteiger partial charge in [0.15, 0.2) is 0 Å². The Balaban J connectivity index is 2.18. The quantitative estimate of drug-likeness (QED) is 0.833. The van der Waals surface area contributed by atoms with Crippen molar-refractivity contribution in [3.8, 4) is 0 Å². The van der Waals surface area contributed by atoms with E-state index in [1.165, 1.54) is 0 Å². The molecule has 0 aliphatic carbocycles. The van der Waals surface area contributed by atoms with Crippen LogP contribution in [0.2, 0.25) is 0 Å². The first-order valence-corrected chi connectivity index (χ1v) is 5.91. The number of nitrogens with one attached hydrogen (secondary N) is 1. The summed E-state index contributed by atoms with van der Waals surface area (Å²) >= 11 is 0.